The van der Waals surface area contributed by atoms with Gasteiger partial charge in [-0.25, -0.2) is 0 Å². The van der Waals surface area contributed by atoms with E-state index >= 15 is 0 Å². The number of pyridine rings is 1. The molecule has 0 spiro atoms. The van der Waals surface area contributed by atoms with Crippen LogP contribution in [0.2, 0.25) is 0 Å². The predicted molar refractivity (Wildman–Crippen MR) is 87.0 cm³/mol. The summed E-state index contributed by atoms with van der Waals surface area (Å²) in [5.74, 6) is -0.128. The van der Waals surface area contributed by atoms with Gasteiger partial charge < -0.3 is 11.1 Å². The van der Waals surface area contributed by atoms with Crippen molar-refractivity contribution in [1.29, 1.82) is 0 Å². The summed E-state index contributed by atoms with van der Waals surface area (Å²) in [4.78, 5) is 16.6. The van der Waals surface area contributed by atoms with Gasteiger partial charge in [0.2, 0.25) is 0 Å². The molecular formula is C14H19Cl2N3O. The van der Waals surface area contributed by atoms with Crippen molar-refractivity contribution in [2.75, 3.05) is 6.54 Å². The third kappa shape index (κ3) is 4.07. The Hall–Kier alpha value is -1.36. The van der Waals surface area contributed by atoms with Gasteiger partial charge >= 0.3 is 0 Å². The lowest BCUT2D eigenvalue weighted by molar-refractivity contribution is 0.0943. The molecule has 2 aromatic rings. The van der Waals surface area contributed by atoms with Crippen LogP contribution in [0.15, 0.2) is 30.3 Å². The summed E-state index contributed by atoms with van der Waals surface area (Å²) in [7, 11) is 0. The van der Waals surface area contributed by atoms with Crippen molar-refractivity contribution in [1.82, 2.24) is 10.3 Å². The van der Waals surface area contributed by atoms with Crippen LogP contribution in [0.3, 0.4) is 0 Å². The maximum atomic E-state index is 12.1. The van der Waals surface area contributed by atoms with Crippen LogP contribution in [0, 0.1) is 6.92 Å². The molecule has 1 heterocycles. The zero-order valence-electron chi connectivity index (χ0n) is 11.4. The number of nitrogens with two attached hydrogens (primary N) is 1. The number of aromatic nitrogens is 1. The Morgan fingerprint density at radius 3 is 2.65 bits per heavy atom. The van der Waals surface area contributed by atoms with Crippen LogP contribution in [0.4, 0.5) is 0 Å². The molecule has 0 saturated carbocycles. The van der Waals surface area contributed by atoms with E-state index in [0.29, 0.717) is 12.1 Å². The molecule has 6 heteroatoms. The molecule has 3 N–H and O–H groups in total. The Bertz CT molecular complexity index is 590. The van der Waals surface area contributed by atoms with E-state index in [-0.39, 0.29) is 36.8 Å². The molecule has 20 heavy (non-hydrogen) atoms. The summed E-state index contributed by atoms with van der Waals surface area (Å²) in [6.45, 7) is 4.21. The van der Waals surface area contributed by atoms with Crippen molar-refractivity contribution < 1.29 is 4.79 Å². The number of para-hydroxylation sites is 1. The zero-order chi connectivity index (χ0) is 13.1. The number of carbonyl (C=O) groups excluding carboxylic acids is 1. The van der Waals surface area contributed by atoms with Crippen molar-refractivity contribution >= 4 is 41.6 Å². The molecule has 0 aliphatic carbocycles. The second kappa shape index (κ2) is 8.04. The first-order chi connectivity index (χ1) is 8.61. The third-order valence-corrected chi connectivity index (χ3v) is 2.84. The lowest BCUT2D eigenvalue weighted by Crippen LogP contribution is -2.37. The predicted octanol–water partition coefficient (Wildman–Crippen LogP) is 2.46. The van der Waals surface area contributed by atoms with E-state index in [9.17, 15) is 4.79 Å². The molecule has 1 amide bonds. The molecule has 0 fully saturated rings. The standard InChI is InChI=1S/C14H17N3O.2ClH/c1-9-6-7-11-4-3-5-12(13(11)16-9)14(18)17-10(2)8-15;;/h3-7,10H,8,15H2,1-2H3,(H,17,18);2*1H/t10-;;/m0../s1. The van der Waals surface area contributed by atoms with Gasteiger partial charge in [0.1, 0.15) is 0 Å². The van der Waals surface area contributed by atoms with E-state index < -0.39 is 0 Å². The normalized spacial score (nSPS) is 11.2. The molecule has 0 aliphatic rings. The SMILES string of the molecule is Cc1ccc2cccc(C(=O)N[C@@H](C)CN)c2n1.Cl.Cl. The van der Waals surface area contributed by atoms with E-state index in [1.807, 2.05) is 38.1 Å². The lowest BCUT2D eigenvalue weighted by Gasteiger charge is -2.12. The van der Waals surface area contributed by atoms with Gasteiger partial charge in [0.25, 0.3) is 5.91 Å². The van der Waals surface area contributed by atoms with Gasteiger partial charge in [0.05, 0.1) is 11.1 Å². The number of nitrogens with one attached hydrogen (secondary N) is 1. The third-order valence-electron chi connectivity index (χ3n) is 2.84. The van der Waals surface area contributed by atoms with Crippen molar-refractivity contribution in [3.05, 3.63) is 41.6 Å². The Kier molecular flexibility index (Phi) is 7.50. The molecule has 0 bridgehead atoms. The highest BCUT2D eigenvalue weighted by Crippen LogP contribution is 2.17. The molecule has 0 saturated heterocycles. The summed E-state index contributed by atoms with van der Waals surface area (Å²) >= 11 is 0. The molecular weight excluding hydrogens is 297 g/mol. The van der Waals surface area contributed by atoms with Crippen LogP contribution in [0.1, 0.15) is 23.0 Å². The lowest BCUT2D eigenvalue weighted by atomic mass is 10.1. The number of halogens is 2. The number of carbonyl (C=O) groups is 1. The summed E-state index contributed by atoms with van der Waals surface area (Å²) in [6.07, 6.45) is 0. The number of amides is 1. The van der Waals surface area contributed by atoms with E-state index in [1.165, 1.54) is 0 Å². The Labute approximate surface area is 131 Å². The maximum Gasteiger partial charge on any atom is 0.253 e. The molecule has 0 radical (unpaired) electrons. The second-order valence-electron chi connectivity index (χ2n) is 4.44. The fourth-order valence-corrected chi connectivity index (χ4v) is 1.79. The van der Waals surface area contributed by atoms with Crippen molar-refractivity contribution in [3.63, 3.8) is 0 Å². The van der Waals surface area contributed by atoms with Crippen LogP contribution in [-0.4, -0.2) is 23.5 Å². The number of nitrogens with zero attached hydrogens (tertiary/aromatic N) is 1. The van der Waals surface area contributed by atoms with Crippen molar-refractivity contribution in [2.45, 2.75) is 19.9 Å². The van der Waals surface area contributed by atoms with Crippen LogP contribution >= 0.6 is 24.8 Å². The molecule has 0 unspecified atom stereocenters. The molecule has 4 nitrogen and oxygen atoms in total. The topological polar surface area (TPSA) is 68.0 Å². The quantitative estimate of drug-likeness (QED) is 0.914. The molecule has 1 atom stereocenters. The first-order valence-corrected chi connectivity index (χ1v) is 5.99. The Morgan fingerprint density at radius 2 is 2.00 bits per heavy atom. The summed E-state index contributed by atoms with van der Waals surface area (Å²) in [6, 6.07) is 9.46. The molecule has 0 aliphatic heterocycles. The molecule has 1 aromatic heterocycles. The fourth-order valence-electron chi connectivity index (χ4n) is 1.79. The minimum Gasteiger partial charge on any atom is -0.348 e. The van der Waals surface area contributed by atoms with Gasteiger partial charge in [-0.3, -0.25) is 9.78 Å². The molecule has 2 rings (SSSR count). The zero-order valence-corrected chi connectivity index (χ0v) is 13.1. The van der Waals surface area contributed by atoms with Crippen molar-refractivity contribution in [3.8, 4) is 0 Å². The average Bonchev–Trinajstić information content (AvgIpc) is 2.37. The van der Waals surface area contributed by atoms with Crippen LogP contribution < -0.4 is 11.1 Å². The van der Waals surface area contributed by atoms with Gasteiger partial charge in [0.15, 0.2) is 0 Å². The number of benzene rings is 1. The minimum absolute atomic E-state index is 0. The average molecular weight is 316 g/mol. The number of hydrogen-bond donors (Lipinski definition) is 2. The van der Waals surface area contributed by atoms with Crippen LogP contribution in [0.5, 0.6) is 0 Å². The van der Waals surface area contributed by atoms with Gasteiger partial charge in [-0.15, -0.1) is 24.8 Å². The van der Waals surface area contributed by atoms with E-state index in [0.717, 1.165) is 16.6 Å². The first kappa shape index (κ1) is 18.6. The largest absolute Gasteiger partial charge is 0.348 e. The van der Waals surface area contributed by atoms with Crippen molar-refractivity contribution in [2.24, 2.45) is 5.73 Å². The number of fused-ring (bicyclic) bond motifs is 1. The van der Waals surface area contributed by atoms with Crippen LogP contribution in [0.25, 0.3) is 10.9 Å². The Morgan fingerprint density at radius 1 is 1.30 bits per heavy atom. The summed E-state index contributed by atoms with van der Waals surface area (Å²) in [5, 5.41) is 3.82. The van der Waals surface area contributed by atoms with Crippen LogP contribution in [-0.2, 0) is 0 Å². The smallest absolute Gasteiger partial charge is 0.253 e. The van der Waals surface area contributed by atoms with E-state index in [1.54, 1.807) is 6.07 Å². The highest BCUT2D eigenvalue weighted by molar-refractivity contribution is 6.05. The minimum atomic E-state index is -0.128. The molecule has 1 aromatic carbocycles. The monoisotopic (exact) mass is 315 g/mol. The summed E-state index contributed by atoms with van der Waals surface area (Å²) in [5.41, 5.74) is 7.73. The second-order valence-corrected chi connectivity index (χ2v) is 4.44. The van der Waals surface area contributed by atoms with Gasteiger partial charge in [-0.1, -0.05) is 18.2 Å². The van der Waals surface area contributed by atoms with E-state index in [4.69, 9.17) is 5.73 Å². The number of hydrogen-bond acceptors (Lipinski definition) is 3. The highest BCUT2D eigenvalue weighted by Gasteiger charge is 2.12. The molecule has 110 valence electrons. The van der Waals surface area contributed by atoms with Gasteiger partial charge in [-0.2, -0.15) is 0 Å². The van der Waals surface area contributed by atoms with Gasteiger partial charge in [-0.05, 0) is 26.0 Å². The fraction of sp³-hybridized carbons (Fsp3) is 0.286. The Balaban J connectivity index is 0.00000180. The maximum absolute atomic E-state index is 12.1. The number of rotatable bonds is 3. The van der Waals surface area contributed by atoms with E-state index in [2.05, 4.69) is 10.3 Å². The number of aryl methyl sites for hydroxylation is 1. The van der Waals surface area contributed by atoms with Gasteiger partial charge in [0, 0.05) is 23.7 Å². The summed E-state index contributed by atoms with van der Waals surface area (Å²) < 4.78 is 0. The first-order valence-electron chi connectivity index (χ1n) is 5.99. The highest BCUT2D eigenvalue weighted by atomic mass is 35.5.